The van der Waals surface area contributed by atoms with Crippen LogP contribution < -0.4 is 9.47 Å². The van der Waals surface area contributed by atoms with Gasteiger partial charge in [-0.25, -0.2) is 4.79 Å². The van der Waals surface area contributed by atoms with E-state index in [1.54, 1.807) is 24.3 Å². The summed E-state index contributed by atoms with van der Waals surface area (Å²) in [7, 11) is 2.71. The first-order valence-corrected chi connectivity index (χ1v) is 9.25. The monoisotopic (exact) mass is 422 g/mol. The van der Waals surface area contributed by atoms with Crippen molar-refractivity contribution in [1.29, 1.82) is 0 Å². The van der Waals surface area contributed by atoms with Gasteiger partial charge in [-0.3, -0.25) is 9.69 Å². The SMILES string of the molecule is COc1cc(C(F)(F)F)c(C(=O)N2CCCN(C)C2=O)cc1OCc1ccccc1. The summed E-state index contributed by atoms with van der Waals surface area (Å²) >= 11 is 0. The number of methoxy groups -OCH3 is 1. The molecule has 1 saturated heterocycles. The lowest BCUT2D eigenvalue weighted by Crippen LogP contribution is -2.50. The van der Waals surface area contributed by atoms with Crippen LogP contribution in [0.25, 0.3) is 0 Å². The summed E-state index contributed by atoms with van der Waals surface area (Å²) in [6, 6.07) is 10.1. The summed E-state index contributed by atoms with van der Waals surface area (Å²) in [5, 5.41) is 0. The van der Waals surface area contributed by atoms with E-state index in [1.807, 2.05) is 6.07 Å². The van der Waals surface area contributed by atoms with Crippen molar-refractivity contribution in [2.45, 2.75) is 19.2 Å². The number of carbonyl (C=O) groups excluding carboxylic acids is 2. The molecule has 30 heavy (non-hydrogen) atoms. The number of halogens is 3. The first-order valence-electron chi connectivity index (χ1n) is 9.25. The van der Waals surface area contributed by atoms with Gasteiger partial charge in [-0.15, -0.1) is 0 Å². The summed E-state index contributed by atoms with van der Waals surface area (Å²) in [4.78, 5) is 27.4. The van der Waals surface area contributed by atoms with Crippen LogP contribution in [0.4, 0.5) is 18.0 Å². The van der Waals surface area contributed by atoms with Gasteiger partial charge >= 0.3 is 12.2 Å². The molecular formula is C21H21F3N2O4. The number of nitrogens with zero attached hydrogens (tertiary/aromatic N) is 2. The quantitative estimate of drug-likeness (QED) is 0.725. The Balaban J connectivity index is 2.00. The maximum atomic E-state index is 13.7. The van der Waals surface area contributed by atoms with Gasteiger partial charge in [-0.2, -0.15) is 13.2 Å². The highest BCUT2D eigenvalue weighted by Crippen LogP contribution is 2.40. The predicted molar refractivity (Wildman–Crippen MR) is 102 cm³/mol. The Morgan fingerprint density at radius 3 is 2.43 bits per heavy atom. The summed E-state index contributed by atoms with van der Waals surface area (Å²) in [6.45, 7) is 0.551. The van der Waals surface area contributed by atoms with E-state index in [2.05, 4.69) is 0 Å². The lowest BCUT2D eigenvalue weighted by Gasteiger charge is -2.32. The third-order valence-electron chi connectivity index (χ3n) is 4.75. The van der Waals surface area contributed by atoms with E-state index in [0.717, 1.165) is 22.6 Å². The normalized spacial score (nSPS) is 14.6. The van der Waals surface area contributed by atoms with Gasteiger partial charge in [0.15, 0.2) is 11.5 Å². The van der Waals surface area contributed by atoms with Crippen LogP contribution in [0.1, 0.15) is 27.9 Å². The minimum atomic E-state index is -4.82. The van der Waals surface area contributed by atoms with Crippen molar-refractivity contribution in [3.05, 3.63) is 59.2 Å². The second-order valence-electron chi connectivity index (χ2n) is 6.84. The van der Waals surface area contributed by atoms with Crippen LogP contribution in [-0.2, 0) is 12.8 Å². The molecule has 0 saturated carbocycles. The van der Waals surface area contributed by atoms with E-state index in [-0.39, 0.29) is 24.7 Å². The van der Waals surface area contributed by atoms with Gasteiger partial charge in [0.1, 0.15) is 6.61 Å². The molecule has 0 aromatic heterocycles. The Labute approximate surface area is 171 Å². The van der Waals surface area contributed by atoms with Crippen molar-refractivity contribution in [2.75, 3.05) is 27.2 Å². The van der Waals surface area contributed by atoms with Crippen molar-refractivity contribution >= 4 is 11.9 Å². The smallest absolute Gasteiger partial charge is 0.417 e. The van der Waals surface area contributed by atoms with Crippen LogP contribution in [0.5, 0.6) is 11.5 Å². The molecule has 2 aromatic carbocycles. The molecule has 2 aromatic rings. The van der Waals surface area contributed by atoms with Crippen molar-refractivity contribution in [3.8, 4) is 11.5 Å². The van der Waals surface area contributed by atoms with Gasteiger partial charge in [0.25, 0.3) is 5.91 Å². The van der Waals surface area contributed by atoms with Crippen LogP contribution >= 0.6 is 0 Å². The van der Waals surface area contributed by atoms with Gasteiger partial charge < -0.3 is 14.4 Å². The lowest BCUT2D eigenvalue weighted by atomic mass is 10.0. The Morgan fingerprint density at radius 1 is 1.10 bits per heavy atom. The zero-order chi connectivity index (χ0) is 21.9. The number of benzene rings is 2. The number of urea groups is 1. The maximum absolute atomic E-state index is 13.7. The molecule has 0 aliphatic carbocycles. The van der Waals surface area contributed by atoms with Gasteiger partial charge in [-0.05, 0) is 24.1 Å². The Hall–Kier alpha value is -3.23. The fraction of sp³-hybridized carbons (Fsp3) is 0.333. The summed E-state index contributed by atoms with van der Waals surface area (Å²) in [5.41, 5.74) is -1.05. The van der Waals surface area contributed by atoms with E-state index < -0.39 is 29.2 Å². The zero-order valence-electron chi connectivity index (χ0n) is 16.5. The fourth-order valence-corrected chi connectivity index (χ4v) is 3.18. The minimum absolute atomic E-state index is 0.0180. The zero-order valence-corrected chi connectivity index (χ0v) is 16.5. The van der Waals surface area contributed by atoms with Crippen LogP contribution in [0, 0.1) is 0 Å². The highest BCUT2D eigenvalue weighted by Gasteiger charge is 2.39. The molecule has 1 aliphatic rings. The Kier molecular flexibility index (Phi) is 6.19. The average molecular weight is 422 g/mol. The number of carbonyl (C=O) groups is 2. The van der Waals surface area contributed by atoms with Gasteiger partial charge in [0.05, 0.1) is 18.2 Å². The van der Waals surface area contributed by atoms with E-state index in [1.165, 1.54) is 19.1 Å². The number of hydrogen-bond donors (Lipinski definition) is 0. The molecule has 3 amide bonds. The second-order valence-corrected chi connectivity index (χ2v) is 6.84. The molecule has 160 valence electrons. The highest BCUT2D eigenvalue weighted by atomic mass is 19.4. The topological polar surface area (TPSA) is 59.1 Å². The predicted octanol–water partition coefficient (Wildman–Crippen LogP) is 4.19. The Morgan fingerprint density at radius 2 is 1.80 bits per heavy atom. The van der Waals surface area contributed by atoms with Crippen molar-refractivity contribution < 1.29 is 32.2 Å². The lowest BCUT2D eigenvalue weighted by molar-refractivity contribution is -0.138. The van der Waals surface area contributed by atoms with Crippen LogP contribution in [-0.4, -0.2) is 49.0 Å². The summed E-state index contributed by atoms with van der Waals surface area (Å²) in [6.07, 6.45) is -4.34. The molecule has 6 nitrogen and oxygen atoms in total. The molecule has 3 rings (SSSR count). The van der Waals surface area contributed by atoms with Gasteiger partial charge in [0.2, 0.25) is 0 Å². The van der Waals surface area contributed by atoms with E-state index in [0.29, 0.717) is 13.0 Å². The van der Waals surface area contributed by atoms with E-state index >= 15 is 0 Å². The third-order valence-corrected chi connectivity index (χ3v) is 4.75. The second kappa shape index (κ2) is 8.64. The van der Waals surface area contributed by atoms with E-state index in [9.17, 15) is 22.8 Å². The third kappa shape index (κ3) is 4.50. The number of imide groups is 1. The molecule has 1 aliphatic heterocycles. The molecule has 0 radical (unpaired) electrons. The molecule has 9 heteroatoms. The summed E-state index contributed by atoms with van der Waals surface area (Å²) in [5.74, 6) is -1.20. The van der Waals surface area contributed by atoms with Gasteiger partial charge in [-0.1, -0.05) is 30.3 Å². The number of amides is 3. The van der Waals surface area contributed by atoms with Crippen molar-refractivity contribution in [1.82, 2.24) is 9.80 Å². The maximum Gasteiger partial charge on any atom is 0.417 e. The molecular weight excluding hydrogens is 401 g/mol. The van der Waals surface area contributed by atoms with E-state index in [4.69, 9.17) is 9.47 Å². The number of hydrogen-bond acceptors (Lipinski definition) is 4. The average Bonchev–Trinajstić information content (AvgIpc) is 2.73. The molecule has 0 bridgehead atoms. The largest absolute Gasteiger partial charge is 0.493 e. The first kappa shape index (κ1) is 21.5. The standard InChI is InChI=1S/C21H21F3N2O4/c1-25-9-6-10-26(20(25)28)19(27)15-11-18(30-13-14-7-4-3-5-8-14)17(29-2)12-16(15)21(22,23)24/h3-5,7-8,11-12H,6,9-10,13H2,1-2H3. The fourth-order valence-electron chi connectivity index (χ4n) is 3.18. The first-order chi connectivity index (χ1) is 14.2. The number of rotatable bonds is 5. The van der Waals surface area contributed by atoms with Crippen LogP contribution in [0.3, 0.4) is 0 Å². The van der Waals surface area contributed by atoms with Crippen molar-refractivity contribution in [3.63, 3.8) is 0 Å². The van der Waals surface area contributed by atoms with Gasteiger partial charge in [0, 0.05) is 20.1 Å². The minimum Gasteiger partial charge on any atom is -0.493 e. The molecule has 1 heterocycles. The summed E-state index contributed by atoms with van der Waals surface area (Å²) < 4.78 is 51.8. The molecule has 0 N–H and O–H groups in total. The molecule has 0 spiro atoms. The number of ether oxygens (including phenoxy) is 2. The molecule has 0 unspecified atom stereocenters. The Bertz CT molecular complexity index is 932. The molecule has 0 atom stereocenters. The highest BCUT2D eigenvalue weighted by molar-refractivity contribution is 6.05. The van der Waals surface area contributed by atoms with Crippen LogP contribution in [0.15, 0.2) is 42.5 Å². The number of alkyl halides is 3. The van der Waals surface area contributed by atoms with Crippen LogP contribution in [0.2, 0.25) is 0 Å². The van der Waals surface area contributed by atoms with Crippen molar-refractivity contribution in [2.24, 2.45) is 0 Å². The molecule has 1 fully saturated rings.